The quantitative estimate of drug-likeness (QED) is 0.879. The van der Waals surface area contributed by atoms with Crippen molar-refractivity contribution in [2.24, 2.45) is 0 Å². The van der Waals surface area contributed by atoms with E-state index in [4.69, 9.17) is 14.5 Å². The van der Waals surface area contributed by atoms with Crippen LogP contribution >= 0.6 is 0 Å². The Morgan fingerprint density at radius 2 is 2.00 bits per heavy atom. The Bertz CT molecular complexity index is 901. The number of pyridine rings is 2. The zero-order chi connectivity index (χ0) is 19.3. The molecule has 2 bridgehead atoms. The van der Waals surface area contributed by atoms with E-state index in [9.17, 15) is 4.79 Å². The van der Waals surface area contributed by atoms with Gasteiger partial charge in [0.2, 0.25) is 5.88 Å². The summed E-state index contributed by atoms with van der Waals surface area (Å²) in [7, 11) is 1.61. The fourth-order valence-corrected chi connectivity index (χ4v) is 4.81. The van der Waals surface area contributed by atoms with Crippen molar-refractivity contribution in [2.75, 3.05) is 12.0 Å². The number of carbonyl (C=O) groups excluding carboxylic acids is 1. The summed E-state index contributed by atoms with van der Waals surface area (Å²) in [4.78, 5) is 23.5. The van der Waals surface area contributed by atoms with Crippen LogP contribution in [0.25, 0.3) is 0 Å². The molecule has 0 radical (unpaired) electrons. The summed E-state index contributed by atoms with van der Waals surface area (Å²) in [6.45, 7) is 2.58. The topological polar surface area (TPSA) is 76.6 Å². The van der Waals surface area contributed by atoms with E-state index in [1.54, 1.807) is 13.3 Å². The first-order valence-electron chi connectivity index (χ1n) is 9.86. The highest BCUT2D eigenvalue weighted by Crippen LogP contribution is 2.41. The number of anilines is 1. The molecule has 2 saturated heterocycles. The molecule has 2 aromatic heterocycles. The van der Waals surface area contributed by atoms with Crippen LogP contribution in [-0.2, 0) is 6.54 Å². The predicted octanol–water partition coefficient (Wildman–Crippen LogP) is 2.62. The van der Waals surface area contributed by atoms with Crippen molar-refractivity contribution in [1.29, 1.82) is 0 Å². The van der Waals surface area contributed by atoms with Crippen molar-refractivity contribution in [3.8, 4) is 11.6 Å². The smallest absolute Gasteiger partial charge is 0.253 e. The van der Waals surface area contributed by atoms with Crippen molar-refractivity contribution in [2.45, 2.75) is 57.3 Å². The molecule has 3 atom stereocenters. The minimum absolute atomic E-state index is 0.0136. The third-order valence-electron chi connectivity index (χ3n) is 6.08. The van der Waals surface area contributed by atoms with Gasteiger partial charge < -0.3 is 19.7 Å². The van der Waals surface area contributed by atoms with Gasteiger partial charge in [0.1, 0.15) is 17.7 Å². The van der Waals surface area contributed by atoms with Crippen LogP contribution in [0.1, 0.15) is 47.3 Å². The average molecular weight is 380 g/mol. The van der Waals surface area contributed by atoms with Crippen LogP contribution < -0.4 is 19.7 Å². The van der Waals surface area contributed by atoms with Gasteiger partial charge in [-0.1, -0.05) is 0 Å². The van der Waals surface area contributed by atoms with Gasteiger partial charge in [0.15, 0.2) is 0 Å². The molecule has 5 rings (SSSR count). The minimum atomic E-state index is -0.0136. The van der Waals surface area contributed by atoms with Gasteiger partial charge in [0.25, 0.3) is 5.91 Å². The summed E-state index contributed by atoms with van der Waals surface area (Å²) in [6.07, 6.45) is 6.16. The van der Waals surface area contributed by atoms with Crippen molar-refractivity contribution in [3.63, 3.8) is 0 Å². The summed E-state index contributed by atoms with van der Waals surface area (Å²) in [5.41, 5.74) is 2.66. The van der Waals surface area contributed by atoms with Gasteiger partial charge in [-0.05, 0) is 37.5 Å². The summed E-state index contributed by atoms with van der Waals surface area (Å²) >= 11 is 0. The fraction of sp³-hybridized carbons (Fsp3) is 0.476. The molecule has 0 unspecified atom stereocenters. The molecular formula is C21H24N4O3. The fourth-order valence-electron chi connectivity index (χ4n) is 4.81. The first-order valence-corrected chi connectivity index (χ1v) is 9.86. The summed E-state index contributed by atoms with van der Waals surface area (Å²) in [5.74, 6) is 2.40. The number of methoxy groups -OCH3 is 1. The van der Waals surface area contributed by atoms with E-state index in [2.05, 4.69) is 22.1 Å². The molecule has 7 nitrogen and oxygen atoms in total. The number of aromatic nitrogens is 2. The lowest BCUT2D eigenvalue weighted by Gasteiger charge is -2.40. The number of hydrogen-bond donors (Lipinski definition) is 1. The summed E-state index contributed by atoms with van der Waals surface area (Å²) < 4.78 is 11.3. The zero-order valence-corrected chi connectivity index (χ0v) is 16.1. The van der Waals surface area contributed by atoms with Crippen LogP contribution in [0.2, 0.25) is 0 Å². The van der Waals surface area contributed by atoms with Gasteiger partial charge in [0, 0.05) is 31.0 Å². The number of nitrogens with one attached hydrogen (secondary N) is 1. The number of fused-ring (bicyclic) bond motifs is 3. The number of carbonyl (C=O) groups is 1. The second-order valence-electron chi connectivity index (χ2n) is 7.85. The molecule has 5 heterocycles. The van der Waals surface area contributed by atoms with Crippen LogP contribution in [0.3, 0.4) is 0 Å². The molecule has 3 aliphatic rings. The normalized spacial score (nSPS) is 25.4. The van der Waals surface area contributed by atoms with Crippen molar-refractivity contribution in [3.05, 3.63) is 41.2 Å². The molecule has 0 spiro atoms. The number of ether oxygens (including phenoxy) is 2. The van der Waals surface area contributed by atoms with E-state index in [1.165, 1.54) is 0 Å². The highest BCUT2D eigenvalue weighted by atomic mass is 16.5. The molecule has 0 saturated carbocycles. The zero-order valence-electron chi connectivity index (χ0n) is 16.1. The second-order valence-corrected chi connectivity index (χ2v) is 7.85. The first-order chi connectivity index (χ1) is 13.6. The van der Waals surface area contributed by atoms with E-state index in [0.29, 0.717) is 24.5 Å². The van der Waals surface area contributed by atoms with Gasteiger partial charge in [-0.15, -0.1) is 0 Å². The second kappa shape index (κ2) is 6.65. The number of nitrogens with zero attached hydrogens (tertiary/aromatic N) is 3. The molecular weight excluding hydrogens is 356 g/mol. The van der Waals surface area contributed by atoms with Crippen molar-refractivity contribution >= 4 is 11.7 Å². The van der Waals surface area contributed by atoms with Crippen molar-refractivity contribution in [1.82, 2.24) is 15.3 Å². The SMILES string of the molecule is COc1ccc(O[C@@H]2C[C@H]3CC[C@@H](C2)N3c2nc3c(cc2C)C(=O)NC3)cn1. The van der Waals surface area contributed by atoms with E-state index in [1.807, 2.05) is 18.2 Å². The molecule has 7 heteroatoms. The first kappa shape index (κ1) is 17.3. The lowest BCUT2D eigenvalue weighted by Crippen LogP contribution is -2.47. The van der Waals surface area contributed by atoms with Crippen LogP contribution in [0.5, 0.6) is 11.6 Å². The summed E-state index contributed by atoms with van der Waals surface area (Å²) in [6, 6.07) is 6.57. The molecule has 1 N–H and O–H groups in total. The number of hydrogen-bond acceptors (Lipinski definition) is 6. The molecule has 3 aliphatic heterocycles. The molecule has 146 valence electrons. The number of aryl methyl sites for hydroxylation is 1. The molecule has 1 amide bonds. The van der Waals surface area contributed by atoms with Crippen LogP contribution in [-0.4, -0.2) is 41.2 Å². The third kappa shape index (κ3) is 2.85. The van der Waals surface area contributed by atoms with Gasteiger partial charge in [-0.25, -0.2) is 9.97 Å². The van der Waals surface area contributed by atoms with Crippen LogP contribution in [0.15, 0.2) is 24.4 Å². The van der Waals surface area contributed by atoms with Gasteiger partial charge in [0.05, 0.1) is 31.1 Å². The van der Waals surface area contributed by atoms with Gasteiger partial charge in [-0.2, -0.15) is 0 Å². The van der Waals surface area contributed by atoms with E-state index < -0.39 is 0 Å². The lowest BCUT2D eigenvalue weighted by molar-refractivity contribution is 0.0965. The largest absolute Gasteiger partial charge is 0.489 e. The molecule has 2 fully saturated rings. The number of rotatable bonds is 4. The molecule has 0 aromatic carbocycles. The van der Waals surface area contributed by atoms with Crippen molar-refractivity contribution < 1.29 is 14.3 Å². The van der Waals surface area contributed by atoms with Gasteiger partial charge >= 0.3 is 0 Å². The number of piperidine rings is 1. The average Bonchev–Trinajstić information content (AvgIpc) is 3.18. The highest BCUT2D eigenvalue weighted by Gasteiger charge is 2.43. The number of amides is 1. The van der Waals surface area contributed by atoms with E-state index in [0.717, 1.165) is 54.1 Å². The Hall–Kier alpha value is -2.83. The Morgan fingerprint density at radius 3 is 2.68 bits per heavy atom. The Morgan fingerprint density at radius 1 is 1.21 bits per heavy atom. The monoisotopic (exact) mass is 380 g/mol. The van der Waals surface area contributed by atoms with Gasteiger partial charge in [-0.3, -0.25) is 4.79 Å². The Balaban J connectivity index is 1.34. The predicted molar refractivity (Wildman–Crippen MR) is 104 cm³/mol. The maximum atomic E-state index is 11.9. The molecule has 0 aliphatic carbocycles. The molecule has 28 heavy (non-hydrogen) atoms. The molecule has 2 aromatic rings. The highest BCUT2D eigenvalue weighted by molar-refractivity contribution is 5.98. The minimum Gasteiger partial charge on any atom is -0.489 e. The van der Waals surface area contributed by atoms with Crippen LogP contribution in [0, 0.1) is 6.92 Å². The third-order valence-corrected chi connectivity index (χ3v) is 6.08. The Kier molecular flexibility index (Phi) is 4.10. The Labute approximate surface area is 164 Å². The maximum Gasteiger partial charge on any atom is 0.253 e. The summed E-state index contributed by atoms with van der Waals surface area (Å²) in [5, 5.41) is 2.87. The standard InChI is InChI=1S/C21H24N4O3/c1-12-7-17-18(11-23-21(17)26)24-20(12)25-13-3-4-14(25)9-16(8-13)28-15-5-6-19(27-2)22-10-15/h5-7,10,13-14,16H,3-4,8-9,11H2,1-2H3,(H,23,26)/t13-,14+,16-. The van der Waals surface area contributed by atoms with Crippen LogP contribution in [0.4, 0.5) is 5.82 Å². The maximum absolute atomic E-state index is 11.9. The van der Waals surface area contributed by atoms with E-state index in [-0.39, 0.29) is 12.0 Å². The van der Waals surface area contributed by atoms with E-state index >= 15 is 0 Å². The lowest BCUT2D eigenvalue weighted by atomic mass is 9.98.